The monoisotopic (exact) mass is 454 g/mol. The third-order valence-electron chi connectivity index (χ3n) is 4.97. The number of nitrogens with one attached hydrogen (secondary N) is 3. The molecule has 10 nitrogen and oxygen atoms in total. The summed E-state index contributed by atoms with van der Waals surface area (Å²) < 4.78 is 12.0. The van der Waals surface area contributed by atoms with Crippen molar-refractivity contribution in [1.82, 2.24) is 25.1 Å². The summed E-state index contributed by atoms with van der Waals surface area (Å²) in [6.07, 6.45) is 0.596. The molecular formula is C23H30N6O4. The summed E-state index contributed by atoms with van der Waals surface area (Å²) in [5.41, 5.74) is 1.65. The van der Waals surface area contributed by atoms with Crippen LogP contribution in [0.5, 0.6) is 11.5 Å². The van der Waals surface area contributed by atoms with Crippen LogP contribution in [0, 0.1) is 0 Å². The third-order valence-corrected chi connectivity index (χ3v) is 4.97. The van der Waals surface area contributed by atoms with E-state index in [1.165, 1.54) is 10.7 Å². The number of aryl methyl sites for hydroxylation is 1. The predicted molar refractivity (Wildman–Crippen MR) is 125 cm³/mol. The quantitative estimate of drug-likeness (QED) is 0.504. The van der Waals surface area contributed by atoms with Gasteiger partial charge in [-0.15, -0.1) is 0 Å². The summed E-state index contributed by atoms with van der Waals surface area (Å²) in [4.78, 5) is 31.9. The molecule has 0 atom stereocenters. The van der Waals surface area contributed by atoms with Crippen LogP contribution >= 0.6 is 0 Å². The zero-order chi connectivity index (χ0) is 24.2. The Morgan fingerprint density at radius 3 is 2.48 bits per heavy atom. The molecule has 0 unspecified atom stereocenters. The maximum absolute atomic E-state index is 12.7. The molecule has 2 aromatic heterocycles. The Labute approximate surface area is 192 Å². The first kappa shape index (κ1) is 23.8. The highest BCUT2D eigenvalue weighted by atomic mass is 16.5. The number of hydrogen-bond donors (Lipinski definition) is 3. The first-order chi connectivity index (χ1) is 15.6. The van der Waals surface area contributed by atoms with Gasteiger partial charge in [0.15, 0.2) is 11.5 Å². The predicted octanol–water partition coefficient (Wildman–Crippen LogP) is 3.15. The summed E-state index contributed by atoms with van der Waals surface area (Å²) in [5, 5.41) is 10.2. The van der Waals surface area contributed by atoms with Crippen molar-refractivity contribution in [2.24, 2.45) is 0 Å². The Hall–Kier alpha value is -3.82. The molecule has 176 valence electrons. The number of hydrogen-bond acceptors (Lipinski definition) is 6. The number of rotatable bonds is 7. The van der Waals surface area contributed by atoms with E-state index in [4.69, 9.17) is 9.47 Å². The molecule has 0 bridgehead atoms. The lowest BCUT2D eigenvalue weighted by Gasteiger charge is -2.13. The first-order valence-electron chi connectivity index (χ1n) is 10.6. The van der Waals surface area contributed by atoms with Gasteiger partial charge in [0.1, 0.15) is 5.82 Å². The van der Waals surface area contributed by atoms with Crippen LogP contribution in [0.4, 0.5) is 10.6 Å². The molecule has 0 aliphatic carbocycles. The minimum absolute atomic E-state index is 0.241. The Kier molecular flexibility index (Phi) is 7.05. The van der Waals surface area contributed by atoms with Gasteiger partial charge in [-0.05, 0) is 24.1 Å². The summed E-state index contributed by atoms with van der Waals surface area (Å²) in [6.45, 7) is 8.22. The summed E-state index contributed by atoms with van der Waals surface area (Å²) in [7, 11) is 3.12. The van der Waals surface area contributed by atoms with E-state index >= 15 is 0 Å². The van der Waals surface area contributed by atoms with Gasteiger partial charge in [0.25, 0.3) is 5.56 Å². The largest absolute Gasteiger partial charge is 0.493 e. The van der Waals surface area contributed by atoms with Crippen LogP contribution in [0.2, 0.25) is 0 Å². The second-order valence-electron chi connectivity index (χ2n) is 8.49. The molecule has 10 heteroatoms. The van der Waals surface area contributed by atoms with Gasteiger partial charge in [-0.2, -0.15) is 9.78 Å². The van der Waals surface area contributed by atoms with Crippen molar-refractivity contribution in [1.29, 1.82) is 0 Å². The highest BCUT2D eigenvalue weighted by molar-refractivity contribution is 5.88. The van der Waals surface area contributed by atoms with Crippen molar-refractivity contribution in [2.75, 3.05) is 19.5 Å². The Balaban J connectivity index is 1.84. The van der Waals surface area contributed by atoms with E-state index in [2.05, 4.69) is 25.7 Å². The number of aromatic amines is 1. The fourth-order valence-electron chi connectivity index (χ4n) is 3.11. The zero-order valence-electron chi connectivity index (χ0n) is 19.8. The molecule has 3 aromatic rings. The van der Waals surface area contributed by atoms with Gasteiger partial charge >= 0.3 is 6.03 Å². The molecule has 1 aromatic carbocycles. The number of aromatic nitrogens is 4. The zero-order valence-corrected chi connectivity index (χ0v) is 19.8. The summed E-state index contributed by atoms with van der Waals surface area (Å²) >= 11 is 0. The van der Waals surface area contributed by atoms with E-state index in [9.17, 15) is 9.59 Å². The second-order valence-corrected chi connectivity index (χ2v) is 8.49. The minimum Gasteiger partial charge on any atom is -0.493 e. The van der Waals surface area contributed by atoms with Crippen molar-refractivity contribution in [2.45, 2.75) is 46.1 Å². The number of amides is 2. The average Bonchev–Trinajstić information content (AvgIpc) is 3.21. The van der Waals surface area contributed by atoms with E-state index in [1.807, 2.05) is 33.8 Å². The topological polar surface area (TPSA) is 123 Å². The van der Waals surface area contributed by atoms with Crippen molar-refractivity contribution in [3.8, 4) is 17.4 Å². The van der Waals surface area contributed by atoms with Crippen LogP contribution < -0.4 is 25.7 Å². The molecule has 33 heavy (non-hydrogen) atoms. The Morgan fingerprint density at radius 1 is 1.12 bits per heavy atom. The molecule has 0 saturated heterocycles. The summed E-state index contributed by atoms with van der Waals surface area (Å²) in [5.74, 6) is 1.82. The highest BCUT2D eigenvalue weighted by Crippen LogP contribution is 2.28. The first-order valence-corrected chi connectivity index (χ1v) is 10.6. The number of carbonyl (C=O) groups excluding carboxylic acids is 1. The third kappa shape index (κ3) is 5.71. The number of urea groups is 1. The van der Waals surface area contributed by atoms with E-state index in [-0.39, 0.29) is 23.5 Å². The number of ether oxygens (including phenoxy) is 2. The molecular weight excluding hydrogens is 424 g/mol. The van der Waals surface area contributed by atoms with E-state index in [1.54, 1.807) is 32.4 Å². The average molecular weight is 455 g/mol. The smallest absolute Gasteiger partial charge is 0.320 e. The van der Waals surface area contributed by atoms with Crippen LogP contribution in [0.15, 0.2) is 35.1 Å². The van der Waals surface area contributed by atoms with Crippen LogP contribution in [0.1, 0.15) is 44.6 Å². The lowest BCUT2D eigenvalue weighted by Crippen LogP contribution is -2.29. The van der Waals surface area contributed by atoms with Crippen LogP contribution in [0.3, 0.4) is 0 Å². The molecule has 3 N–H and O–H groups in total. The number of H-pyrrole nitrogens is 1. The maximum atomic E-state index is 12.7. The highest BCUT2D eigenvalue weighted by Gasteiger charge is 2.22. The van der Waals surface area contributed by atoms with Crippen molar-refractivity contribution < 1.29 is 14.3 Å². The van der Waals surface area contributed by atoms with Crippen LogP contribution in [0.25, 0.3) is 5.95 Å². The van der Waals surface area contributed by atoms with Gasteiger partial charge in [0.05, 0.1) is 19.9 Å². The second kappa shape index (κ2) is 9.76. The minimum atomic E-state index is -0.430. The molecule has 0 spiro atoms. The number of nitrogens with zero attached hydrogens (tertiary/aromatic N) is 3. The molecule has 0 fully saturated rings. The van der Waals surface area contributed by atoms with Crippen LogP contribution in [-0.2, 0) is 18.4 Å². The molecule has 0 aliphatic heterocycles. The molecule has 2 heterocycles. The molecule has 0 radical (unpaired) electrons. The number of methoxy groups -OCH3 is 2. The SMILES string of the molecule is CCc1cc(=O)[nH]c(-n2nc(C(C)(C)C)cc2NC(=O)NCc2ccc(OC)c(OC)c2)n1. The van der Waals surface area contributed by atoms with Gasteiger partial charge in [0, 0.05) is 29.8 Å². The molecule has 0 saturated carbocycles. The van der Waals surface area contributed by atoms with Crippen molar-refractivity contribution in [3.63, 3.8) is 0 Å². The van der Waals surface area contributed by atoms with Crippen molar-refractivity contribution in [3.05, 3.63) is 57.6 Å². The van der Waals surface area contributed by atoms with E-state index in [0.717, 1.165) is 11.3 Å². The van der Waals surface area contributed by atoms with Gasteiger partial charge in [0.2, 0.25) is 5.95 Å². The number of anilines is 1. The summed E-state index contributed by atoms with van der Waals surface area (Å²) in [6, 6.07) is 8.21. The van der Waals surface area contributed by atoms with E-state index in [0.29, 0.717) is 29.4 Å². The fourth-order valence-corrected chi connectivity index (χ4v) is 3.11. The lowest BCUT2D eigenvalue weighted by atomic mass is 9.92. The number of carbonyl (C=O) groups is 1. The van der Waals surface area contributed by atoms with Gasteiger partial charge < -0.3 is 14.8 Å². The normalized spacial score (nSPS) is 11.2. The van der Waals surface area contributed by atoms with Crippen molar-refractivity contribution >= 4 is 11.8 Å². The Bertz CT molecular complexity index is 1190. The molecule has 0 aliphatic rings. The molecule has 3 rings (SSSR count). The van der Waals surface area contributed by atoms with Gasteiger partial charge in [-0.1, -0.05) is 33.8 Å². The fraction of sp³-hybridized carbons (Fsp3) is 0.391. The lowest BCUT2D eigenvalue weighted by molar-refractivity contribution is 0.251. The number of benzene rings is 1. The maximum Gasteiger partial charge on any atom is 0.320 e. The van der Waals surface area contributed by atoms with E-state index < -0.39 is 6.03 Å². The van der Waals surface area contributed by atoms with Gasteiger partial charge in [-0.3, -0.25) is 15.1 Å². The van der Waals surface area contributed by atoms with Gasteiger partial charge in [-0.25, -0.2) is 9.78 Å². The molecule has 2 amide bonds. The van der Waals surface area contributed by atoms with Crippen LogP contribution in [-0.4, -0.2) is 40.0 Å². The Morgan fingerprint density at radius 2 is 1.85 bits per heavy atom. The standard InChI is InChI=1S/C23H30N6O4/c1-7-15-11-20(30)27-21(25-15)29-19(12-18(28-29)23(2,3)4)26-22(31)24-13-14-8-9-16(32-5)17(10-14)33-6/h8-12H,7,13H2,1-6H3,(H2,24,26,31)(H,25,27,30).